The minimum absolute atomic E-state index is 0.623. The second-order valence-corrected chi connectivity index (χ2v) is 6.10. The fraction of sp³-hybridized carbons (Fsp3) is 0.800. The molecule has 2 aliphatic rings. The van der Waals surface area contributed by atoms with Gasteiger partial charge in [0.1, 0.15) is 5.82 Å². The largest absolute Gasteiger partial charge is 0.346 e. The maximum Gasteiger partial charge on any atom is 0.110 e. The first kappa shape index (κ1) is 13.1. The highest BCUT2D eigenvalue weighted by Crippen LogP contribution is 2.29. The van der Waals surface area contributed by atoms with Crippen LogP contribution in [0.4, 0.5) is 0 Å². The zero-order chi connectivity index (χ0) is 13.2. The molecule has 2 fully saturated rings. The Morgan fingerprint density at radius 3 is 2.68 bits per heavy atom. The zero-order valence-electron chi connectivity index (χ0n) is 12.2. The average Bonchev–Trinajstić information content (AvgIpc) is 3.07. The van der Waals surface area contributed by atoms with Crippen molar-refractivity contribution in [3.05, 3.63) is 17.7 Å². The molecule has 0 unspecified atom stereocenters. The van der Waals surface area contributed by atoms with Crippen LogP contribution in [0.25, 0.3) is 0 Å². The molecule has 2 aliphatic heterocycles. The van der Waals surface area contributed by atoms with Gasteiger partial charge in [-0.3, -0.25) is 4.90 Å². The van der Waals surface area contributed by atoms with Gasteiger partial charge in [-0.2, -0.15) is 0 Å². The molecular formula is C15H26N4. The number of aryl methyl sites for hydroxylation is 1. The first-order valence-corrected chi connectivity index (χ1v) is 7.74. The Balaban J connectivity index is 1.54. The SMILES string of the molecule is CCN1CCC(N2CC[C@H](c3ncc(C)[nH]3)C2)CC1. The number of hydrogen-bond acceptors (Lipinski definition) is 3. The molecule has 0 saturated carbocycles. The van der Waals surface area contributed by atoms with Crippen LogP contribution in [0.1, 0.15) is 43.6 Å². The second kappa shape index (κ2) is 5.63. The van der Waals surface area contributed by atoms with E-state index in [1.807, 2.05) is 6.20 Å². The van der Waals surface area contributed by atoms with Crippen molar-refractivity contribution in [2.75, 3.05) is 32.7 Å². The number of nitrogens with one attached hydrogen (secondary N) is 1. The van der Waals surface area contributed by atoms with Crippen molar-refractivity contribution in [3.63, 3.8) is 0 Å². The molecule has 0 aliphatic carbocycles. The molecule has 106 valence electrons. The Bertz CT molecular complexity index is 406. The highest BCUT2D eigenvalue weighted by molar-refractivity contribution is 5.07. The van der Waals surface area contributed by atoms with Gasteiger partial charge >= 0.3 is 0 Å². The van der Waals surface area contributed by atoms with Crippen LogP contribution < -0.4 is 0 Å². The number of hydrogen-bond donors (Lipinski definition) is 1. The lowest BCUT2D eigenvalue weighted by Gasteiger charge is -2.36. The highest BCUT2D eigenvalue weighted by Gasteiger charge is 2.32. The van der Waals surface area contributed by atoms with Gasteiger partial charge in [0.2, 0.25) is 0 Å². The van der Waals surface area contributed by atoms with E-state index in [4.69, 9.17) is 0 Å². The summed E-state index contributed by atoms with van der Waals surface area (Å²) in [5.41, 5.74) is 1.18. The lowest BCUT2D eigenvalue weighted by Crippen LogP contribution is -2.43. The van der Waals surface area contributed by atoms with E-state index in [9.17, 15) is 0 Å². The molecule has 1 atom stereocenters. The molecule has 0 radical (unpaired) electrons. The first-order valence-electron chi connectivity index (χ1n) is 7.74. The zero-order valence-corrected chi connectivity index (χ0v) is 12.2. The molecule has 0 aromatic carbocycles. The fourth-order valence-corrected chi connectivity index (χ4v) is 3.58. The third-order valence-corrected chi connectivity index (χ3v) is 4.85. The quantitative estimate of drug-likeness (QED) is 0.905. The van der Waals surface area contributed by atoms with Gasteiger partial charge in [0.15, 0.2) is 0 Å². The predicted octanol–water partition coefficient (Wildman–Crippen LogP) is 1.99. The van der Waals surface area contributed by atoms with Gasteiger partial charge in [0, 0.05) is 30.4 Å². The number of imidazole rings is 1. The predicted molar refractivity (Wildman–Crippen MR) is 77.4 cm³/mol. The molecule has 0 amide bonds. The van der Waals surface area contributed by atoms with Crippen LogP contribution in [-0.2, 0) is 0 Å². The monoisotopic (exact) mass is 262 g/mol. The first-order chi connectivity index (χ1) is 9.26. The van der Waals surface area contributed by atoms with E-state index in [0.29, 0.717) is 5.92 Å². The molecule has 2 saturated heterocycles. The summed E-state index contributed by atoms with van der Waals surface area (Å²) in [5, 5.41) is 0. The van der Waals surface area contributed by atoms with Crippen molar-refractivity contribution in [3.8, 4) is 0 Å². The van der Waals surface area contributed by atoms with Gasteiger partial charge in [-0.05, 0) is 52.4 Å². The minimum Gasteiger partial charge on any atom is -0.346 e. The molecule has 0 bridgehead atoms. The minimum atomic E-state index is 0.623. The topological polar surface area (TPSA) is 35.2 Å². The summed E-state index contributed by atoms with van der Waals surface area (Å²) in [5.74, 6) is 1.82. The Morgan fingerprint density at radius 1 is 1.26 bits per heavy atom. The summed E-state index contributed by atoms with van der Waals surface area (Å²) in [4.78, 5) is 13.2. The Hall–Kier alpha value is -0.870. The Morgan fingerprint density at radius 2 is 2.05 bits per heavy atom. The summed E-state index contributed by atoms with van der Waals surface area (Å²) < 4.78 is 0. The summed E-state index contributed by atoms with van der Waals surface area (Å²) in [7, 11) is 0. The van der Waals surface area contributed by atoms with Crippen LogP contribution in [0.2, 0.25) is 0 Å². The van der Waals surface area contributed by atoms with Crippen molar-refractivity contribution in [1.82, 2.24) is 19.8 Å². The molecule has 1 N–H and O–H groups in total. The second-order valence-electron chi connectivity index (χ2n) is 6.10. The highest BCUT2D eigenvalue weighted by atomic mass is 15.2. The molecule has 4 heteroatoms. The van der Waals surface area contributed by atoms with E-state index in [1.54, 1.807) is 0 Å². The van der Waals surface area contributed by atoms with Gasteiger partial charge in [0.05, 0.1) is 0 Å². The van der Waals surface area contributed by atoms with Crippen molar-refractivity contribution < 1.29 is 0 Å². The normalized spacial score (nSPS) is 27.2. The van der Waals surface area contributed by atoms with Crippen LogP contribution in [0.5, 0.6) is 0 Å². The number of likely N-dealkylation sites (tertiary alicyclic amines) is 2. The van der Waals surface area contributed by atoms with E-state index in [1.165, 1.54) is 63.5 Å². The number of aromatic amines is 1. The van der Waals surface area contributed by atoms with E-state index < -0.39 is 0 Å². The molecule has 1 aromatic heterocycles. The number of aromatic nitrogens is 2. The maximum atomic E-state index is 4.51. The number of piperidine rings is 1. The molecule has 1 aromatic rings. The van der Waals surface area contributed by atoms with Crippen LogP contribution in [-0.4, -0.2) is 58.5 Å². The van der Waals surface area contributed by atoms with E-state index in [-0.39, 0.29) is 0 Å². The Kier molecular flexibility index (Phi) is 3.89. The molecule has 3 heterocycles. The van der Waals surface area contributed by atoms with Gasteiger partial charge in [-0.25, -0.2) is 4.98 Å². The Labute approximate surface area is 116 Å². The van der Waals surface area contributed by atoms with E-state index in [2.05, 4.69) is 33.6 Å². The van der Waals surface area contributed by atoms with Gasteiger partial charge < -0.3 is 9.88 Å². The van der Waals surface area contributed by atoms with Crippen LogP contribution >= 0.6 is 0 Å². The molecular weight excluding hydrogens is 236 g/mol. The molecule has 0 spiro atoms. The van der Waals surface area contributed by atoms with Crippen molar-refractivity contribution in [2.45, 2.75) is 45.1 Å². The molecule has 3 rings (SSSR count). The summed E-state index contributed by atoms with van der Waals surface area (Å²) in [6.07, 6.45) is 5.91. The van der Waals surface area contributed by atoms with Crippen LogP contribution in [0, 0.1) is 6.92 Å². The molecule has 4 nitrogen and oxygen atoms in total. The van der Waals surface area contributed by atoms with Gasteiger partial charge in [-0.15, -0.1) is 0 Å². The van der Waals surface area contributed by atoms with Crippen LogP contribution in [0.15, 0.2) is 6.20 Å². The maximum absolute atomic E-state index is 4.51. The average molecular weight is 262 g/mol. The van der Waals surface area contributed by atoms with Gasteiger partial charge in [-0.1, -0.05) is 6.92 Å². The third kappa shape index (κ3) is 2.84. The van der Waals surface area contributed by atoms with E-state index >= 15 is 0 Å². The fourth-order valence-electron chi connectivity index (χ4n) is 3.58. The summed E-state index contributed by atoms with van der Waals surface area (Å²) >= 11 is 0. The third-order valence-electron chi connectivity index (χ3n) is 4.85. The van der Waals surface area contributed by atoms with Crippen LogP contribution in [0.3, 0.4) is 0 Å². The lowest BCUT2D eigenvalue weighted by atomic mass is 10.0. The van der Waals surface area contributed by atoms with Crippen molar-refractivity contribution in [1.29, 1.82) is 0 Å². The molecule has 19 heavy (non-hydrogen) atoms. The van der Waals surface area contributed by atoms with Crippen molar-refractivity contribution >= 4 is 0 Å². The lowest BCUT2D eigenvalue weighted by molar-refractivity contribution is 0.129. The number of H-pyrrole nitrogens is 1. The summed E-state index contributed by atoms with van der Waals surface area (Å²) in [6.45, 7) is 10.6. The van der Waals surface area contributed by atoms with Crippen molar-refractivity contribution in [2.24, 2.45) is 0 Å². The standard InChI is InChI=1S/C15H26N4/c1-3-18-7-5-14(6-8-18)19-9-4-13(11-19)15-16-10-12(2)17-15/h10,13-14H,3-9,11H2,1-2H3,(H,16,17)/t13-/m0/s1. The number of rotatable bonds is 3. The number of nitrogens with zero attached hydrogens (tertiary/aromatic N) is 3. The van der Waals surface area contributed by atoms with E-state index in [0.717, 1.165) is 6.04 Å². The smallest absolute Gasteiger partial charge is 0.110 e. The van der Waals surface area contributed by atoms with Gasteiger partial charge in [0.25, 0.3) is 0 Å². The summed E-state index contributed by atoms with van der Waals surface area (Å²) in [6, 6.07) is 0.809.